The number of para-hydroxylation sites is 2. The molecule has 1 spiro atoms. The minimum absolute atomic E-state index is 0.326. The third kappa shape index (κ3) is 5.44. The van der Waals surface area contributed by atoms with Gasteiger partial charge in [-0.15, -0.1) is 0 Å². The van der Waals surface area contributed by atoms with E-state index >= 15 is 0 Å². The summed E-state index contributed by atoms with van der Waals surface area (Å²) in [6, 6.07) is 64.0. The van der Waals surface area contributed by atoms with Gasteiger partial charge in [0.15, 0.2) is 0 Å². The molecule has 1 aromatic heterocycles. The molecule has 0 radical (unpaired) electrons. The van der Waals surface area contributed by atoms with Crippen LogP contribution >= 0.6 is 0 Å². The van der Waals surface area contributed by atoms with Crippen molar-refractivity contribution in [2.24, 2.45) is 0 Å². The number of aromatic nitrogens is 1. The van der Waals surface area contributed by atoms with Crippen molar-refractivity contribution in [1.82, 2.24) is 4.57 Å². The highest BCUT2D eigenvalue weighted by Gasteiger charge is 2.52. The lowest BCUT2D eigenvalue weighted by atomic mass is 9.68. The average molecular weight is 807 g/mol. The number of anilines is 3. The third-order valence-electron chi connectivity index (χ3n) is 14.5. The summed E-state index contributed by atoms with van der Waals surface area (Å²) in [6.07, 6.45) is 20.5. The van der Waals surface area contributed by atoms with E-state index in [1.807, 2.05) is 0 Å². The van der Waals surface area contributed by atoms with E-state index in [9.17, 15) is 0 Å². The second-order valence-corrected chi connectivity index (χ2v) is 17.7. The molecule has 300 valence electrons. The standard InChI is InChI=1S/C61H46N2/c1-3-15-41(16-4-1)42-27-32-46(33-28-42)62(47-34-29-43(30-35-47)44-31-38-60-54(39-44)53-22-10-14-26-59(53)63(60)45-17-5-2-6-18-45)48-36-37-52-51-21-9-13-25-57(51)61(58(52)40-48)55-23-11-7-19-49(55)50-20-8-12-24-56(50)61/h2-3,5-12,14-24,26-30,32-37,39-40H,1,4,13,25,31,38H2. The van der Waals surface area contributed by atoms with Gasteiger partial charge in [-0.25, -0.2) is 0 Å². The van der Waals surface area contributed by atoms with Crippen molar-refractivity contribution >= 4 is 50.8 Å². The summed E-state index contributed by atoms with van der Waals surface area (Å²) in [6.45, 7) is 0. The monoisotopic (exact) mass is 806 g/mol. The molecule has 5 aliphatic rings. The Bertz CT molecular complexity index is 3260. The summed E-state index contributed by atoms with van der Waals surface area (Å²) in [7, 11) is 0. The molecule has 0 atom stereocenters. The number of nitrogens with zero attached hydrogens (tertiary/aromatic N) is 2. The second-order valence-electron chi connectivity index (χ2n) is 17.7. The molecule has 0 unspecified atom stereocenters. The van der Waals surface area contributed by atoms with Crippen molar-refractivity contribution in [2.45, 2.75) is 43.9 Å². The minimum Gasteiger partial charge on any atom is -0.313 e. The smallest absolute Gasteiger partial charge is 0.0689 e. The predicted octanol–water partition coefficient (Wildman–Crippen LogP) is 15.8. The Kier molecular flexibility index (Phi) is 8.24. The Balaban J connectivity index is 0.948. The maximum absolute atomic E-state index is 2.53. The molecule has 13 rings (SSSR count). The highest BCUT2D eigenvalue weighted by Crippen LogP contribution is 2.64. The number of allylic oxidation sites excluding steroid dienone is 9. The summed E-state index contributed by atoms with van der Waals surface area (Å²) < 4.78 is 2.47. The first kappa shape index (κ1) is 36.3. The van der Waals surface area contributed by atoms with E-state index in [0.717, 1.165) is 49.9 Å². The Labute approximate surface area is 369 Å². The molecular weight excluding hydrogens is 761 g/mol. The quantitative estimate of drug-likeness (QED) is 0.162. The van der Waals surface area contributed by atoms with Gasteiger partial charge in [0.2, 0.25) is 0 Å². The molecule has 2 nitrogen and oxygen atoms in total. The highest BCUT2D eigenvalue weighted by atomic mass is 15.1. The summed E-state index contributed by atoms with van der Waals surface area (Å²) in [5.41, 5.74) is 24.8. The van der Waals surface area contributed by atoms with E-state index in [4.69, 9.17) is 0 Å². The molecule has 0 aliphatic heterocycles. The number of fused-ring (bicyclic) bond motifs is 12. The van der Waals surface area contributed by atoms with Crippen LogP contribution in [0.2, 0.25) is 0 Å². The topological polar surface area (TPSA) is 8.17 Å². The first-order valence-electron chi connectivity index (χ1n) is 22.8. The summed E-state index contributed by atoms with van der Waals surface area (Å²) in [5.74, 6) is 0. The van der Waals surface area contributed by atoms with Gasteiger partial charge >= 0.3 is 0 Å². The van der Waals surface area contributed by atoms with Crippen molar-refractivity contribution in [3.63, 3.8) is 0 Å². The lowest BCUT2D eigenvalue weighted by Crippen LogP contribution is -2.28. The van der Waals surface area contributed by atoms with Gasteiger partial charge in [0.05, 0.1) is 10.9 Å². The average Bonchev–Trinajstić information content (AvgIpc) is 3.96. The van der Waals surface area contributed by atoms with Crippen LogP contribution in [0.4, 0.5) is 17.1 Å². The molecule has 63 heavy (non-hydrogen) atoms. The predicted molar refractivity (Wildman–Crippen MR) is 264 cm³/mol. The van der Waals surface area contributed by atoms with Gasteiger partial charge in [0, 0.05) is 39.4 Å². The maximum Gasteiger partial charge on any atom is 0.0689 e. The molecule has 0 saturated carbocycles. The normalized spacial score (nSPS) is 16.3. The second kappa shape index (κ2) is 14.3. The zero-order valence-corrected chi connectivity index (χ0v) is 35.3. The number of benzene rings is 7. The van der Waals surface area contributed by atoms with Crippen LogP contribution in [0.3, 0.4) is 0 Å². The highest BCUT2D eigenvalue weighted by molar-refractivity contribution is 6.00. The summed E-state index contributed by atoms with van der Waals surface area (Å²) in [5, 5.41) is 1.31. The van der Waals surface area contributed by atoms with Crippen LogP contribution in [0.1, 0.15) is 76.7 Å². The van der Waals surface area contributed by atoms with Gasteiger partial charge < -0.3 is 9.47 Å². The van der Waals surface area contributed by atoms with Crippen LogP contribution in [0.25, 0.3) is 50.5 Å². The van der Waals surface area contributed by atoms with Gasteiger partial charge in [-0.3, -0.25) is 0 Å². The maximum atomic E-state index is 2.53. The van der Waals surface area contributed by atoms with E-state index in [-0.39, 0.29) is 5.41 Å². The van der Waals surface area contributed by atoms with E-state index < -0.39 is 0 Å². The zero-order valence-electron chi connectivity index (χ0n) is 35.3. The van der Waals surface area contributed by atoms with Crippen molar-refractivity contribution < 1.29 is 0 Å². The zero-order chi connectivity index (χ0) is 41.5. The van der Waals surface area contributed by atoms with Gasteiger partial charge in [0.25, 0.3) is 0 Å². The molecule has 0 bridgehead atoms. The van der Waals surface area contributed by atoms with Gasteiger partial charge in [-0.2, -0.15) is 0 Å². The van der Waals surface area contributed by atoms with Crippen LogP contribution in [-0.4, -0.2) is 4.57 Å². The molecule has 1 heterocycles. The van der Waals surface area contributed by atoms with E-state index in [0.29, 0.717) is 0 Å². The van der Waals surface area contributed by atoms with Gasteiger partial charge in [-0.1, -0.05) is 146 Å². The van der Waals surface area contributed by atoms with E-state index in [1.165, 1.54) is 94.8 Å². The minimum atomic E-state index is -0.326. The Morgan fingerprint density at radius 1 is 0.492 bits per heavy atom. The Hall–Kier alpha value is -7.42. The lowest BCUT2D eigenvalue weighted by molar-refractivity contribution is 0.714. The third-order valence-corrected chi connectivity index (χ3v) is 14.5. The van der Waals surface area contributed by atoms with Crippen molar-refractivity contribution in [1.29, 1.82) is 0 Å². The first-order valence-corrected chi connectivity index (χ1v) is 22.8. The van der Waals surface area contributed by atoms with Crippen LogP contribution in [0, 0.1) is 0 Å². The van der Waals surface area contributed by atoms with Crippen LogP contribution in [0.15, 0.2) is 206 Å². The fourth-order valence-corrected chi connectivity index (χ4v) is 11.8. The molecule has 2 heteroatoms. The molecule has 8 aromatic rings. The van der Waals surface area contributed by atoms with E-state index in [1.54, 1.807) is 5.57 Å². The molecular formula is C61H46N2. The van der Waals surface area contributed by atoms with Crippen molar-refractivity contribution in [3.05, 3.63) is 250 Å². The molecule has 0 fully saturated rings. The molecule has 0 N–H and O–H groups in total. The first-order chi connectivity index (χ1) is 31.3. The number of hydrogen-bond donors (Lipinski definition) is 0. The Morgan fingerprint density at radius 2 is 1.16 bits per heavy atom. The van der Waals surface area contributed by atoms with Crippen LogP contribution in [-0.2, 0) is 11.8 Å². The van der Waals surface area contributed by atoms with Gasteiger partial charge in [0.1, 0.15) is 0 Å². The molecule has 7 aromatic carbocycles. The Morgan fingerprint density at radius 3 is 1.90 bits per heavy atom. The van der Waals surface area contributed by atoms with Crippen molar-refractivity contribution in [2.75, 3.05) is 4.90 Å². The van der Waals surface area contributed by atoms with E-state index in [2.05, 4.69) is 216 Å². The van der Waals surface area contributed by atoms with Gasteiger partial charge in [-0.05, 0) is 166 Å². The SMILES string of the molecule is C1=CC(c2ccc(N(c3ccc(C4=Cc5c(n(-c6ccccc6)c6ccccc56)CC4)cc3)c3ccc4c(c3)C3(C5=C4C=CCC5)c4ccccc4-c4ccccc43)cc2)=CCC1. The molecule has 0 saturated heterocycles. The lowest BCUT2D eigenvalue weighted by Gasteiger charge is -2.34. The number of hydrogen-bond acceptors (Lipinski definition) is 1. The van der Waals surface area contributed by atoms with Crippen molar-refractivity contribution in [3.8, 4) is 16.8 Å². The van der Waals surface area contributed by atoms with Crippen LogP contribution < -0.4 is 4.90 Å². The largest absolute Gasteiger partial charge is 0.313 e. The van der Waals surface area contributed by atoms with Crippen LogP contribution in [0.5, 0.6) is 0 Å². The fraction of sp³-hybridized carbons (Fsp3) is 0.115. The fourth-order valence-electron chi connectivity index (χ4n) is 11.8. The molecule has 5 aliphatic carbocycles. The molecule has 0 amide bonds. The summed E-state index contributed by atoms with van der Waals surface area (Å²) >= 11 is 0. The number of rotatable bonds is 6. The summed E-state index contributed by atoms with van der Waals surface area (Å²) in [4.78, 5) is 2.48.